The highest BCUT2D eigenvalue weighted by Crippen LogP contribution is 2.22. The maximum Gasteiger partial charge on any atom is 0.254 e. The third-order valence-electron chi connectivity index (χ3n) is 3.51. The van der Waals surface area contributed by atoms with E-state index in [2.05, 4.69) is 0 Å². The fraction of sp³-hybridized carbons (Fsp3) is 0.909. The maximum absolute atomic E-state index is 12.2. The second-order valence-electron chi connectivity index (χ2n) is 4.74. The van der Waals surface area contributed by atoms with Crippen LogP contribution in [0.5, 0.6) is 0 Å². The molecule has 8 nitrogen and oxygen atoms in total. The predicted octanol–water partition coefficient (Wildman–Crippen LogP) is -3.35. The molecule has 110 valence electrons. The van der Waals surface area contributed by atoms with Gasteiger partial charge in [0.15, 0.2) is 6.10 Å². The van der Waals surface area contributed by atoms with Gasteiger partial charge in [0.25, 0.3) is 5.91 Å². The normalized spacial score (nSPS) is 40.2. The van der Waals surface area contributed by atoms with Crippen molar-refractivity contribution in [2.45, 2.75) is 30.5 Å². The van der Waals surface area contributed by atoms with Gasteiger partial charge in [-0.15, -0.1) is 0 Å². The van der Waals surface area contributed by atoms with Crippen molar-refractivity contribution in [3.05, 3.63) is 0 Å². The van der Waals surface area contributed by atoms with Crippen LogP contribution in [-0.2, 0) is 14.3 Å². The molecule has 0 aromatic rings. The zero-order valence-electron chi connectivity index (χ0n) is 10.5. The van der Waals surface area contributed by atoms with Crippen molar-refractivity contribution in [3.63, 3.8) is 0 Å². The summed E-state index contributed by atoms with van der Waals surface area (Å²) < 4.78 is 10.5. The lowest BCUT2D eigenvalue weighted by Gasteiger charge is -2.41. The summed E-state index contributed by atoms with van der Waals surface area (Å²) in [6.45, 7) is 1.65. The van der Waals surface area contributed by atoms with E-state index in [-0.39, 0.29) is 6.54 Å². The van der Waals surface area contributed by atoms with Gasteiger partial charge in [-0.2, -0.15) is 0 Å². The number of carbonyl (C=O) groups excluding carboxylic acids is 1. The zero-order valence-corrected chi connectivity index (χ0v) is 10.5. The van der Waals surface area contributed by atoms with Gasteiger partial charge in [0.2, 0.25) is 0 Å². The van der Waals surface area contributed by atoms with E-state index in [9.17, 15) is 20.1 Å². The Labute approximate surface area is 110 Å². The zero-order chi connectivity index (χ0) is 14.0. The molecule has 0 aromatic heterocycles. The van der Waals surface area contributed by atoms with Gasteiger partial charge in [0.1, 0.15) is 18.3 Å². The Bertz CT molecular complexity index is 320. The third-order valence-corrected chi connectivity index (χ3v) is 3.51. The molecule has 0 spiro atoms. The SMILES string of the molecule is NC[C@@H]1O[C@H](C(=O)N2CCOCC2)[C@H](O)[C@H](O)[C@H]1O. The van der Waals surface area contributed by atoms with Crippen molar-refractivity contribution < 1.29 is 29.6 Å². The van der Waals surface area contributed by atoms with Gasteiger partial charge in [-0.1, -0.05) is 0 Å². The Balaban J connectivity index is 2.06. The minimum absolute atomic E-state index is 0.0438. The molecular formula is C11H20N2O6. The molecule has 2 aliphatic rings. The lowest BCUT2D eigenvalue weighted by molar-refractivity contribution is -0.223. The first kappa shape index (κ1) is 14.6. The van der Waals surface area contributed by atoms with E-state index >= 15 is 0 Å². The smallest absolute Gasteiger partial charge is 0.254 e. The van der Waals surface area contributed by atoms with Crippen molar-refractivity contribution in [3.8, 4) is 0 Å². The molecule has 0 saturated carbocycles. The second-order valence-corrected chi connectivity index (χ2v) is 4.74. The van der Waals surface area contributed by atoms with Crippen LogP contribution in [0.15, 0.2) is 0 Å². The quantitative estimate of drug-likeness (QED) is 0.415. The van der Waals surface area contributed by atoms with Crippen LogP contribution in [0.3, 0.4) is 0 Å². The Hall–Kier alpha value is -0.770. The highest BCUT2D eigenvalue weighted by molar-refractivity contribution is 5.82. The number of hydrogen-bond acceptors (Lipinski definition) is 7. The molecule has 5 atom stereocenters. The fourth-order valence-electron chi connectivity index (χ4n) is 2.31. The molecule has 0 radical (unpaired) electrons. The highest BCUT2D eigenvalue weighted by atomic mass is 16.5. The van der Waals surface area contributed by atoms with E-state index in [1.807, 2.05) is 0 Å². The van der Waals surface area contributed by atoms with Gasteiger partial charge in [-0.25, -0.2) is 0 Å². The molecule has 2 heterocycles. The third kappa shape index (κ3) is 2.88. The number of rotatable bonds is 2. The minimum Gasteiger partial charge on any atom is -0.388 e. The topological polar surface area (TPSA) is 125 Å². The van der Waals surface area contributed by atoms with Crippen molar-refractivity contribution in [1.82, 2.24) is 4.90 Å². The molecule has 2 aliphatic heterocycles. The first-order chi connectivity index (χ1) is 9.06. The summed E-state index contributed by atoms with van der Waals surface area (Å²) in [5, 5.41) is 29.3. The van der Waals surface area contributed by atoms with Crippen molar-refractivity contribution >= 4 is 5.91 Å². The van der Waals surface area contributed by atoms with E-state index in [1.54, 1.807) is 0 Å². The van der Waals surface area contributed by atoms with E-state index < -0.39 is 36.4 Å². The Morgan fingerprint density at radius 2 is 1.79 bits per heavy atom. The summed E-state index contributed by atoms with van der Waals surface area (Å²) in [5.74, 6) is -0.416. The second kappa shape index (κ2) is 6.12. The van der Waals surface area contributed by atoms with E-state index in [0.717, 1.165) is 0 Å². The molecule has 1 amide bonds. The van der Waals surface area contributed by atoms with Gasteiger partial charge >= 0.3 is 0 Å². The van der Waals surface area contributed by atoms with E-state index in [4.69, 9.17) is 15.2 Å². The van der Waals surface area contributed by atoms with Crippen LogP contribution in [0.1, 0.15) is 0 Å². The molecule has 0 aromatic carbocycles. The highest BCUT2D eigenvalue weighted by Gasteiger charge is 2.47. The Morgan fingerprint density at radius 3 is 2.37 bits per heavy atom. The van der Waals surface area contributed by atoms with Crippen LogP contribution in [0.4, 0.5) is 0 Å². The van der Waals surface area contributed by atoms with Crippen LogP contribution in [-0.4, -0.2) is 89.5 Å². The van der Waals surface area contributed by atoms with Gasteiger partial charge in [0, 0.05) is 19.6 Å². The standard InChI is InChI=1S/C11H20N2O6/c12-5-6-7(14)8(15)9(16)10(19-6)11(17)13-1-3-18-4-2-13/h6-10,14-16H,1-5,12H2/t6-,7-,8+,9+,10-/m0/s1. The van der Waals surface area contributed by atoms with Crippen molar-refractivity contribution in [2.75, 3.05) is 32.8 Å². The Kier molecular flexibility index (Phi) is 4.71. The molecule has 2 rings (SSSR count). The number of amides is 1. The number of hydrogen-bond donors (Lipinski definition) is 4. The van der Waals surface area contributed by atoms with Crippen molar-refractivity contribution in [1.29, 1.82) is 0 Å². The molecule has 5 N–H and O–H groups in total. The lowest BCUT2D eigenvalue weighted by atomic mass is 9.94. The van der Waals surface area contributed by atoms with E-state index in [0.29, 0.717) is 26.3 Å². The fourth-order valence-corrected chi connectivity index (χ4v) is 2.31. The Morgan fingerprint density at radius 1 is 1.16 bits per heavy atom. The van der Waals surface area contributed by atoms with Crippen LogP contribution in [0, 0.1) is 0 Å². The first-order valence-corrected chi connectivity index (χ1v) is 6.32. The van der Waals surface area contributed by atoms with Gasteiger partial charge < -0.3 is 35.4 Å². The molecule has 2 saturated heterocycles. The summed E-state index contributed by atoms with van der Waals surface area (Å²) in [7, 11) is 0. The maximum atomic E-state index is 12.2. The average Bonchev–Trinajstić information content (AvgIpc) is 2.45. The average molecular weight is 276 g/mol. The lowest BCUT2D eigenvalue weighted by Crippen LogP contribution is -2.63. The largest absolute Gasteiger partial charge is 0.388 e. The minimum atomic E-state index is -1.46. The summed E-state index contributed by atoms with van der Waals surface area (Å²) in [6.07, 6.45) is -6.28. The number of aliphatic hydroxyl groups is 3. The number of nitrogens with zero attached hydrogens (tertiary/aromatic N) is 1. The van der Waals surface area contributed by atoms with Crippen LogP contribution in [0.2, 0.25) is 0 Å². The summed E-state index contributed by atoms with van der Waals surface area (Å²) >= 11 is 0. The number of aliphatic hydroxyl groups excluding tert-OH is 3. The molecule has 0 aliphatic carbocycles. The molecule has 19 heavy (non-hydrogen) atoms. The number of ether oxygens (including phenoxy) is 2. The number of morpholine rings is 1. The van der Waals surface area contributed by atoms with Crippen LogP contribution in [0.25, 0.3) is 0 Å². The summed E-state index contributed by atoms with van der Waals surface area (Å²) in [4.78, 5) is 13.7. The van der Waals surface area contributed by atoms with E-state index in [1.165, 1.54) is 4.90 Å². The van der Waals surface area contributed by atoms with Gasteiger partial charge in [-0.3, -0.25) is 4.79 Å². The summed E-state index contributed by atoms with van der Waals surface area (Å²) in [5.41, 5.74) is 5.42. The summed E-state index contributed by atoms with van der Waals surface area (Å²) in [6, 6.07) is 0. The van der Waals surface area contributed by atoms with Crippen LogP contribution >= 0.6 is 0 Å². The first-order valence-electron chi connectivity index (χ1n) is 6.32. The monoisotopic (exact) mass is 276 g/mol. The molecule has 0 unspecified atom stereocenters. The number of nitrogens with two attached hydrogens (primary N) is 1. The van der Waals surface area contributed by atoms with Gasteiger partial charge in [-0.05, 0) is 0 Å². The van der Waals surface area contributed by atoms with Crippen LogP contribution < -0.4 is 5.73 Å². The molecule has 0 bridgehead atoms. The predicted molar refractivity (Wildman–Crippen MR) is 63.1 cm³/mol. The molecule has 8 heteroatoms. The van der Waals surface area contributed by atoms with Gasteiger partial charge in [0.05, 0.1) is 19.3 Å². The molecule has 2 fully saturated rings. The molecular weight excluding hydrogens is 256 g/mol. The van der Waals surface area contributed by atoms with Crippen molar-refractivity contribution in [2.24, 2.45) is 5.73 Å². The number of carbonyl (C=O) groups is 1.